The number of halogens is 3. The zero-order chi connectivity index (χ0) is 11.4. The first kappa shape index (κ1) is 12.1. The molecule has 0 atom stereocenters. The van der Waals surface area contributed by atoms with Gasteiger partial charge in [-0.25, -0.2) is 13.8 Å². The number of hydrogen-bond donors (Lipinski definition) is 1. The first-order valence-corrected chi connectivity index (χ1v) is 4.69. The van der Waals surface area contributed by atoms with E-state index in [1.54, 1.807) is 0 Å². The molecule has 1 aromatic rings. The van der Waals surface area contributed by atoms with Crippen molar-refractivity contribution >= 4 is 11.6 Å². The third-order valence-corrected chi connectivity index (χ3v) is 2.12. The molecule has 0 aromatic carbocycles. The second-order valence-electron chi connectivity index (χ2n) is 2.78. The average molecular weight is 238 g/mol. The lowest BCUT2D eigenvalue weighted by Gasteiger charge is -2.11. The number of pyridine rings is 1. The molecule has 0 fully saturated rings. The summed E-state index contributed by atoms with van der Waals surface area (Å²) in [4.78, 5) is 3.65. The number of ether oxygens (including phenoxy) is 1. The van der Waals surface area contributed by atoms with E-state index in [1.807, 2.05) is 0 Å². The van der Waals surface area contributed by atoms with Crippen molar-refractivity contribution in [3.05, 3.63) is 23.0 Å². The van der Waals surface area contributed by atoms with Crippen LogP contribution in [0.1, 0.15) is 23.4 Å². The van der Waals surface area contributed by atoms with Gasteiger partial charge in [0.15, 0.2) is 0 Å². The van der Waals surface area contributed by atoms with Gasteiger partial charge in [-0.05, 0) is 6.07 Å². The quantitative estimate of drug-likeness (QED) is 0.817. The van der Waals surface area contributed by atoms with Crippen molar-refractivity contribution in [3.8, 4) is 5.75 Å². The Labute approximate surface area is 90.7 Å². The van der Waals surface area contributed by atoms with E-state index in [9.17, 15) is 8.78 Å². The molecule has 0 saturated carbocycles. The Kier molecular flexibility index (Phi) is 4.23. The minimum Gasteiger partial charge on any atom is -0.494 e. The molecule has 1 rings (SSSR count). The van der Waals surface area contributed by atoms with Crippen LogP contribution in [0.3, 0.4) is 0 Å². The molecular weight excluding hydrogens is 228 g/mol. The lowest BCUT2D eigenvalue weighted by molar-refractivity contribution is 0.145. The number of nitrogens with zero attached hydrogens (tertiary/aromatic N) is 1. The Bertz CT molecular complexity index is 322. The Hall–Kier alpha value is -0.940. The first-order valence-electron chi connectivity index (χ1n) is 4.15. The van der Waals surface area contributed by atoms with Crippen molar-refractivity contribution in [2.24, 2.45) is 0 Å². The van der Waals surface area contributed by atoms with Gasteiger partial charge in [-0.1, -0.05) is 0 Å². The summed E-state index contributed by atoms with van der Waals surface area (Å²) in [6.07, 6.45) is -2.69. The minimum absolute atomic E-state index is 0.0449. The maximum absolute atomic E-state index is 12.4. The topological polar surface area (TPSA) is 42.4 Å². The molecule has 0 saturated heterocycles. The smallest absolute Gasteiger partial charge is 0.280 e. The molecule has 0 aliphatic carbocycles. The molecule has 0 aliphatic rings. The van der Waals surface area contributed by atoms with Gasteiger partial charge >= 0.3 is 0 Å². The second kappa shape index (κ2) is 5.23. The molecule has 0 radical (unpaired) electrons. The van der Waals surface area contributed by atoms with Gasteiger partial charge in [-0.3, -0.25) is 0 Å². The van der Waals surface area contributed by atoms with Crippen molar-refractivity contribution in [2.75, 3.05) is 7.11 Å². The van der Waals surface area contributed by atoms with Gasteiger partial charge in [0.1, 0.15) is 11.4 Å². The van der Waals surface area contributed by atoms with Gasteiger partial charge in [-0.15, -0.1) is 11.6 Å². The summed E-state index contributed by atoms with van der Waals surface area (Å²) in [7, 11) is 1.37. The molecule has 0 aliphatic heterocycles. The normalized spacial score (nSPS) is 10.8. The summed E-state index contributed by atoms with van der Waals surface area (Å²) in [6, 6.07) is 1.11. The van der Waals surface area contributed by atoms with Crippen molar-refractivity contribution in [3.63, 3.8) is 0 Å². The van der Waals surface area contributed by atoms with Crippen LogP contribution in [0.2, 0.25) is 0 Å². The number of aliphatic hydroxyl groups is 1. The van der Waals surface area contributed by atoms with Gasteiger partial charge in [0.25, 0.3) is 6.43 Å². The van der Waals surface area contributed by atoms with E-state index in [0.29, 0.717) is 0 Å². The first-order chi connectivity index (χ1) is 7.13. The fraction of sp³-hybridized carbons (Fsp3) is 0.444. The Morgan fingerprint density at radius 1 is 1.60 bits per heavy atom. The second-order valence-corrected chi connectivity index (χ2v) is 3.05. The zero-order valence-electron chi connectivity index (χ0n) is 8.01. The van der Waals surface area contributed by atoms with Crippen LogP contribution in [0.4, 0.5) is 8.78 Å². The average Bonchev–Trinajstić information content (AvgIpc) is 2.26. The van der Waals surface area contributed by atoms with E-state index < -0.39 is 18.7 Å². The Morgan fingerprint density at radius 3 is 2.67 bits per heavy atom. The molecule has 0 spiro atoms. The van der Waals surface area contributed by atoms with Crippen LogP contribution >= 0.6 is 11.6 Å². The summed E-state index contributed by atoms with van der Waals surface area (Å²) in [5.41, 5.74) is 0.0648. The van der Waals surface area contributed by atoms with Crippen molar-refractivity contribution < 1.29 is 18.6 Å². The van der Waals surface area contributed by atoms with Gasteiger partial charge in [0.05, 0.1) is 25.3 Å². The number of rotatable bonds is 4. The standard InChI is InChI=1S/C9H10ClF2NO2/c1-15-8-5(4-14)2-6(9(11)12)13-7(8)3-10/h2,9,14H,3-4H2,1H3. The minimum atomic E-state index is -2.69. The predicted molar refractivity (Wildman–Crippen MR) is 51.2 cm³/mol. The number of aromatic nitrogens is 1. The number of alkyl halides is 3. The van der Waals surface area contributed by atoms with E-state index >= 15 is 0 Å². The molecule has 0 bridgehead atoms. The van der Waals surface area contributed by atoms with Crippen LogP contribution < -0.4 is 4.74 Å². The monoisotopic (exact) mass is 237 g/mol. The molecule has 1 N–H and O–H groups in total. The fourth-order valence-electron chi connectivity index (χ4n) is 1.24. The number of methoxy groups -OCH3 is 1. The van der Waals surface area contributed by atoms with Crippen LogP contribution in [0.25, 0.3) is 0 Å². The lowest BCUT2D eigenvalue weighted by Crippen LogP contribution is -2.03. The van der Waals surface area contributed by atoms with E-state index in [4.69, 9.17) is 21.4 Å². The molecule has 6 heteroatoms. The molecular formula is C9H10ClF2NO2. The molecule has 3 nitrogen and oxygen atoms in total. The van der Waals surface area contributed by atoms with Crippen LogP contribution in [0, 0.1) is 0 Å². The lowest BCUT2D eigenvalue weighted by atomic mass is 10.2. The summed E-state index contributed by atoms with van der Waals surface area (Å²) < 4.78 is 29.8. The largest absolute Gasteiger partial charge is 0.494 e. The molecule has 84 valence electrons. The van der Waals surface area contributed by atoms with Crippen LogP contribution in [0.15, 0.2) is 6.07 Å². The highest BCUT2D eigenvalue weighted by atomic mass is 35.5. The summed E-state index contributed by atoms with van der Waals surface area (Å²) >= 11 is 5.55. The predicted octanol–water partition coefficient (Wildman–Crippen LogP) is 2.26. The van der Waals surface area contributed by atoms with Crippen LogP contribution in [-0.2, 0) is 12.5 Å². The SMILES string of the molecule is COc1c(CO)cc(C(F)F)nc1CCl. The maximum Gasteiger partial charge on any atom is 0.280 e. The number of hydrogen-bond acceptors (Lipinski definition) is 3. The molecule has 15 heavy (non-hydrogen) atoms. The van der Waals surface area contributed by atoms with Crippen molar-refractivity contribution in [2.45, 2.75) is 18.9 Å². The summed E-state index contributed by atoms with van der Waals surface area (Å²) in [6.45, 7) is -0.394. The van der Waals surface area contributed by atoms with Crippen molar-refractivity contribution in [1.82, 2.24) is 4.98 Å². The van der Waals surface area contributed by atoms with Crippen molar-refractivity contribution in [1.29, 1.82) is 0 Å². The van der Waals surface area contributed by atoms with Crippen LogP contribution in [0.5, 0.6) is 5.75 Å². The summed E-state index contributed by atoms with van der Waals surface area (Å²) in [5.74, 6) is 0.216. The molecule has 0 amide bonds. The fourth-order valence-corrected chi connectivity index (χ4v) is 1.42. The third kappa shape index (κ3) is 2.54. The molecule has 0 unspecified atom stereocenters. The Morgan fingerprint density at radius 2 is 2.27 bits per heavy atom. The van der Waals surface area contributed by atoms with E-state index in [1.165, 1.54) is 7.11 Å². The maximum atomic E-state index is 12.4. The highest BCUT2D eigenvalue weighted by molar-refractivity contribution is 6.17. The molecule has 1 heterocycles. The highest BCUT2D eigenvalue weighted by Crippen LogP contribution is 2.28. The van der Waals surface area contributed by atoms with Gasteiger partial charge < -0.3 is 9.84 Å². The molecule has 1 aromatic heterocycles. The van der Waals surface area contributed by atoms with Gasteiger partial charge in [0, 0.05) is 5.56 Å². The summed E-state index contributed by atoms with van der Waals surface area (Å²) in [5, 5.41) is 8.98. The number of aliphatic hydroxyl groups excluding tert-OH is 1. The van der Waals surface area contributed by atoms with E-state index in [0.717, 1.165) is 6.07 Å². The van der Waals surface area contributed by atoms with Gasteiger partial charge in [-0.2, -0.15) is 0 Å². The van der Waals surface area contributed by atoms with Gasteiger partial charge in [0.2, 0.25) is 0 Å². The van der Waals surface area contributed by atoms with Crippen LogP contribution in [-0.4, -0.2) is 17.2 Å². The zero-order valence-corrected chi connectivity index (χ0v) is 8.76. The van der Waals surface area contributed by atoms with E-state index in [-0.39, 0.29) is 22.9 Å². The van der Waals surface area contributed by atoms with E-state index in [2.05, 4.69) is 4.98 Å². The third-order valence-electron chi connectivity index (χ3n) is 1.86. The highest BCUT2D eigenvalue weighted by Gasteiger charge is 2.17. The Balaban J connectivity index is 3.29.